The topological polar surface area (TPSA) is 67.4 Å². The Morgan fingerprint density at radius 1 is 1.00 bits per heavy atom. The number of amides is 2. The number of hydrogen-bond donors (Lipinski definition) is 2. The summed E-state index contributed by atoms with van der Waals surface area (Å²) in [5.74, 6) is 0.0866. The van der Waals surface area contributed by atoms with Crippen LogP contribution in [0.15, 0.2) is 42.5 Å². The molecule has 0 aromatic heterocycles. The van der Waals surface area contributed by atoms with Crippen LogP contribution < -0.4 is 15.4 Å². The Balaban J connectivity index is 1.72. The van der Waals surface area contributed by atoms with E-state index in [0.717, 1.165) is 0 Å². The van der Waals surface area contributed by atoms with E-state index in [1.165, 1.54) is 17.8 Å². The molecule has 0 heterocycles. The molecule has 0 aliphatic heterocycles. The predicted molar refractivity (Wildman–Crippen MR) is 98.7 cm³/mol. The molecule has 0 bridgehead atoms. The second-order valence-electron chi connectivity index (χ2n) is 5.28. The maximum atomic E-state index is 13.4. The van der Waals surface area contributed by atoms with Crippen LogP contribution in [-0.2, 0) is 9.59 Å². The van der Waals surface area contributed by atoms with Gasteiger partial charge < -0.3 is 15.4 Å². The van der Waals surface area contributed by atoms with Gasteiger partial charge in [0.05, 0.1) is 18.6 Å². The first-order valence-corrected chi connectivity index (χ1v) is 8.71. The van der Waals surface area contributed by atoms with E-state index < -0.39 is 0 Å². The van der Waals surface area contributed by atoms with E-state index in [-0.39, 0.29) is 29.1 Å². The molecule has 0 aliphatic rings. The maximum absolute atomic E-state index is 13.4. The Morgan fingerprint density at radius 2 is 1.56 bits per heavy atom. The number of aryl methyl sites for hydroxylation is 1. The third kappa shape index (κ3) is 6.11. The molecule has 0 saturated heterocycles. The van der Waals surface area contributed by atoms with Crippen molar-refractivity contribution in [1.82, 2.24) is 0 Å². The lowest BCUT2D eigenvalue weighted by Gasteiger charge is -2.07. The minimum atomic E-state index is -0.371. The molecule has 0 spiro atoms. The van der Waals surface area contributed by atoms with Crippen LogP contribution in [0.25, 0.3) is 0 Å². The molecule has 0 fully saturated rings. The van der Waals surface area contributed by atoms with Crippen LogP contribution >= 0.6 is 11.8 Å². The minimum Gasteiger partial charge on any atom is -0.497 e. The van der Waals surface area contributed by atoms with Crippen molar-refractivity contribution < 1.29 is 18.7 Å². The average Bonchev–Trinajstić information content (AvgIpc) is 2.59. The smallest absolute Gasteiger partial charge is 0.234 e. The van der Waals surface area contributed by atoms with Gasteiger partial charge in [-0.2, -0.15) is 0 Å². The van der Waals surface area contributed by atoms with Gasteiger partial charge in [-0.15, -0.1) is 11.8 Å². The lowest BCUT2D eigenvalue weighted by Crippen LogP contribution is -2.18. The van der Waals surface area contributed by atoms with E-state index in [4.69, 9.17) is 4.74 Å². The van der Waals surface area contributed by atoms with Crippen molar-refractivity contribution in [3.63, 3.8) is 0 Å². The molecule has 0 atom stereocenters. The number of rotatable bonds is 7. The number of methoxy groups -OCH3 is 1. The molecule has 2 N–H and O–H groups in total. The lowest BCUT2D eigenvalue weighted by atomic mass is 10.2. The molecular weight excluding hydrogens is 343 g/mol. The summed E-state index contributed by atoms with van der Waals surface area (Å²) in [6.07, 6.45) is 0. The van der Waals surface area contributed by atoms with E-state index >= 15 is 0 Å². The van der Waals surface area contributed by atoms with Crippen LogP contribution in [0.2, 0.25) is 0 Å². The van der Waals surface area contributed by atoms with Gasteiger partial charge in [0.25, 0.3) is 0 Å². The van der Waals surface area contributed by atoms with Gasteiger partial charge in [0, 0.05) is 11.4 Å². The molecule has 2 aromatic carbocycles. The Morgan fingerprint density at radius 3 is 2.12 bits per heavy atom. The van der Waals surface area contributed by atoms with Crippen molar-refractivity contribution in [1.29, 1.82) is 0 Å². The normalized spacial score (nSPS) is 10.2. The number of carbonyl (C=O) groups is 2. The van der Waals surface area contributed by atoms with Gasteiger partial charge in [0.15, 0.2) is 0 Å². The fourth-order valence-electron chi connectivity index (χ4n) is 1.98. The summed E-state index contributed by atoms with van der Waals surface area (Å²) < 4.78 is 18.5. The van der Waals surface area contributed by atoms with Crippen LogP contribution in [0, 0.1) is 12.7 Å². The van der Waals surface area contributed by atoms with Crippen molar-refractivity contribution >= 4 is 35.0 Å². The summed E-state index contributed by atoms with van der Waals surface area (Å²) in [6, 6.07) is 11.5. The second kappa shape index (κ2) is 9.08. The summed E-state index contributed by atoms with van der Waals surface area (Å²) in [4.78, 5) is 23.7. The molecule has 2 aromatic rings. The van der Waals surface area contributed by atoms with Crippen LogP contribution in [0.3, 0.4) is 0 Å². The second-order valence-corrected chi connectivity index (χ2v) is 6.27. The fourth-order valence-corrected chi connectivity index (χ4v) is 2.59. The van der Waals surface area contributed by atoms with Crippen LogP contribution in [0.1, 0.15) is 5.56 Å². The summed E-state index contributed by atoms with van der Waals surface area (Å²) in [5, 5.41) is 5.33. The first-order valence-electron chi connectivity index (χ1n) is 7.55. The zero-order valence-electron chi connectivity index (χ0n) is 14.0. The minimum absolute atomic E-state index is 0.103. The summed E-state index contributed by atoms with van der Waals surface area (Å²) in [7, 11) is 1.57. The molecule has 0 unspecified atom stereocenters. The number of nitrogens with one attached hydrogen (secondary N) is 2. The van der Waals surface area contributed by atoms with E-state index in [2.05, 4.69) is 10.6 Å². The van der Waals surface area contributed by atoms with Crippen LogP contribution in [0.5, 0.6) is 5.75 Å². The Hall–Kier alpha value is -2.54. The molecule has 2 rings (SSSR count). The van der Waals surface area contributed by atoms with Gasteiger partial charge in [0.2, 0.25) is 11.8 Å². The van der Waals surface area contributed by atoms with Gasteiger partial charge in [-0.25, -0.2) is 4.39 Å². The lowest BCUT2D eigenvalue weighted by molar-refractivity contribution is -0.114. The standard InChI is InChI=1S/C18H19FN2O3S/c1-12-3-4-14(9-16(12)19)21-18(23)11-25-10-17(22)20-13-5-7-15(24-2)8-6-13/h3-9H,10-11H2,1-2H3,(H,20,22)(H,21,23). The summed E-state index contributed by atoms with van der Waals surface area (Å²) in [6.45, 7) is 1.65. The first-order chi connectivity index (χ1) is 12.0. The van der Waals surface area contributed by atoms with Crippen LogP contribution in [0.4, 0.5) is 15.8 Å². The van der Waals surface area contributed by atoms with E-state index in [0.29, 0.717) is 22.7 Å². The molecule has 132 valence electrons. The SMILES string of the molecule is COc1ccc(NC(=O)CSCC(=O)Nc2ccc(C)c(F)c2)cc1. The largest absolute Gasteiger partial charge is 0.497 e. The third-order valence-corrected chi connectivity index (χ3v) is 4.23. The summed E-state index contributed by atoms with van der Waals surface area (Å²) >= 11 is 1.18. The van der Waals surface area contributed by atoms with Crippen LogP contribution in [-0.4, -0.2) is 30.4 Å². The molecule has 0 radical (unpaired) electrons. The highest BCUT2D eigenvalue weighted by molar-refractivity contribution is 8.00. The summed E-state index contributed by atoms with van der Waals surface area (Å²) in [5.41, 5.74) is 1.57. The molecule has 0 saturated carbocycles. The quantitative estimate of drug-likeness (QED) is 0.792. The predicted octanol–water partition coefficient (Wildman–Crippen LogP) is 3.45. The van der Waals surface area contributed by atoms with Gasteiger partial charge in [-0.1, -0.05) is 6.07 Å². The number of benzene rings is 2. The highest BCUT2D eigenvalue weighted by Crippen LogP contribution is 2.16. The maximum Gasteiger partial charge on any atom is 0.234 e. The third-order valence-electron chi connectivity index (χ3n) is 3.30. The van der Waals surface area contributed by atoms with Crippen molar-refractivity contribution in [2.45, 2.75) is 6.92 Å². The van der Waals surface area contributed by atoms with Gasteiger partial charge in [0.1, 0.15) is 11.6 Å². The average molecular weight is 362 g/mol. The highest BCUT2D eigenvalue weighted by Gasteiger charge is 2.08. The Bertz CT molecular complexity index is 750. The highest BCUT2D eigenvalue weighted by atomic mass is 32.2. The van der Waals surface area contributed by atoms with Crippen molar-refractivity contribution in [3.8, 4) is 5.75 Å². The van der Waals surface area contributed by atoms with E-state index in [9.17, 15) is 14.0 Å². The molecule has 25 heavy (non-hydrogen) atoms. The molecular formula is C18H19FN2O3S. The van der Waals surface area contributed by atoms with Gasteiger partial charge >= 0.3 is 0 Å². The van der Waals surface area contributed by atoms with E-state index in [1.54, 1.807) is 50.4 Å². The number of ether oxygens (including phenoxy) is 1. The molecule has 0 aliphatic carbocycles. The fraction of sp³-hybridized carbons (Fsp3) is 0.222. The Labute approximate surface area is 150 Å². The number of anilines is 2. The molecule has 7 heteroatoms. The number of hydrogen-bond acceptors (Lipinski definition) is 4. The first kappa shape index (κ1) is 18.8. The number of thioether (sulfide) groups is 1. The van der Waals surface area contributed by atoms with Gasteiger partial charge in [-0.3, -0.25) is 9.59 Å². The number of halogens is 1. The van der Waals surface area contributed by atoms with Gasteiger partial charge in [-0.05, 0) is 48.9 Å². The van der Waals surface area contributed by atoms with E-state index in [1.807, 2.05) is 0 Å². The molecule has 2 amide bonds. The van der Waals surface area contributed by atoms with Crippen molar-refractivity contribution in [3.05, 3.63) is 53.8 Å². The Kier molecular flexibility index (Phi) is 6.82. The van der Waals surface area contributed by atoms with Crippen molar-refractivity contribution in [2.75, 3.05) is 29.2 Å². The zero-order valence-corrected chi connectivity index (χ0v) is 14.8. The monoisotopic (exact) mass is 362 g/mol. The zero-order chi connectivity index (χ0) is 18.2. The van der Waals surface area contributed by atoms with Crippen molar-refractivity contribution in [2.24, 2.45) is 0 Å². The number of carbonyl (C=O) groups excluding carboxylic acids is 2. The molecule has 5 nitrogen and oxygen atoms in total.